The van der Waals surface area contributed by atoms with Crippen molar-refractivity contribution in [2.24, 2.45) is 0 Å². The first-order chi connectivity index (χ1) is 31.7. The van der Waals surface area contributed by atoms with Crippen molar-refractivity contribution in [3.63, 3.8) is 0 Å². The average molecular weight is 815 g/mol. The van der Waals surface area contributed by atoms with E-state index in [4.69, 9.17) is 0 Å². The summed E-state index contributed by atoms with van der Waals surface area (Å²) < 4.78 is 2.45. The van der Waals surface area contributed by atoms with Crippen LogP contribution in [-0.2, 0) is 0 Å². The Bertz CT molecular complexity index is 3640. The molecule has 0 atom stereocenters. The topological polar surface area (TPSA) is 8.17 Å². The van der Waals surface area contributed by atoms with Crippen molar-refractivity contribution in [2.75, 3.05) is 4.90 Å². The standard InChI is InChI=1S/C62H42N2/c1-3-15-43(16-4-1)45-29-34-51(35-30-45)63(53-38-39-54(58(42-53)46-18-5-2-6-19-46)50-28-27-44-17-7-8-21-49(44)41-50)52-36-31-48(32-37-52)55-22-11-13-25-59(55)64-60-26-14-12-24-57(60)62-56-23-10-9-20-47(56)33-40-61(62)64/h1-42H. The lowest BCUT2D eigenvalue weighted by Gasteiger charge is -2.27. The predicted octanol–water partition coefficient (Wildman–Crippen LogP) is 17.2. The smallest absolute Gasteiger partial charge is 0.0547 e. The highest BCUT2D eigenvalue weighted by molar-refractivity contribution is 6.21. The molecule has 64 heavy (non-hydrogen) atoms. The molecule has 12 aromatic rings. The van der Waals surface area contributed by atoms with Crippen molar-refractivity contribution < 1.29 is 0 Å². The summed E-state index contributed by atoms with van der Waals surface area (Å²) in [4.78, 5) is 2.39. The van der Waals surface area contributed by atoms with Gasteiger partial charge >= 0.3 is 0 Å². The zero-order valence-corrected chi connectivity index (χ0v) is 35.1. The molecule has 0 spiro atoms. The van der Waals surface area contributed by atoms with Crippen LogP contribution in [0, 0.1) is 0 Å². The number of rotatable bonds is 8. The number of anilines is 3. The molecule has 0 unspecified atom stereocenters. The normalized spacial score (nSPS) is 11.4. The second-order valence-electron chi connectivity index (χ2n) is 16.5. The van der Waals surface area contributed by atoms with Crippen LogP contribution in [0.4, 0.5) is 17.1 Å². The van der Waals surface area contributed by atoms with Crippen molar-refractivity contribution in [3.05, 3.63) is 255 Å². The zero-order chi connectivity index (χ0) is 42.4. The maximum Gasteiger partial charge on any atom is 0.0547 e. The summed E-state index contributed by atoms with van der Waals surface area (Å²) in [6.45, 7) is 0. The summed E-state index contributed by atoms with van der Waals surface area (Å²) in [5.41, 5.74) is 16.3. The maximum atomic E-state index is 2.45. The Kier molecular flexibility index (Phi) is 9.20. The quantitative estimate of drug-likeness (QED) is 0.148. The molecule has 0 bridgehead atoms. The summed E-state index contributed by atoms with van der Waals surface area (Å²) in [6.07, 6.45) is 0. The molecule has 0 radical (unpaired) electrons. The Labute approximate surface area is 373 Å². The number of hydrogen-bond acceptors (Lipinski definition) is 1. The Morgan fingerprint density at radius 2 is 0.797 bits per heavy atom. The SMILES string of the molecule is c1ccc(-c2ccc(N(c3ccc(-c4ccccc4-n4c5ccccc5c5c6ccccc6ccc54)cc3)c3ccc(-c4ccc5ccccc5c4)c(-c4ccccc4)c3)cc2)cc1. The molecule has 0 aliphatic heterocycles. The number of aromatic nitrogens is 1. The van der Waals surface area contributed by atoms with Gasteiger partial charge in [0, 0.05) is 33.4 Å². The van der Waals surface area contributed by atoms with E-state index < -0.39 is 0 Å². The van der Waals surface area contributed by atoms with E-state index in [-0.39, 0.29) is 0 Å². The highest BCUT2D eigenvalue weighted by atomic mass is 15.1. The van der Waals surface area contributed by atoms with Crippen LogP contribution in [0.25, 0.3) is 93.5 Å². The number of hydrogen-bond donors (Lipinski definition) is 0. The van der Waals surface area contributed by atoms with Crippen LogP contribution in [0.2, 0.25) is 0 Å². The monoisotopic (exact) mass is 814 g/mol. The predicted molar refractivity (Wildman–Crippen MR) is 272 cm³/mol. The first-order valence-corrected chi connectivity index (χ1v) is 22.0. The van der Waals surface area contributed by atoms with Crippen LogP contribution in [-0.4, -0.2) is 4.57 Å². The van der Waals surface area contributed by atoms with Gasteiger partial charge in [-0.25, -0.2) is 0 Å². The van der Waals surface area contributed by atoms with E-state index in [0.717, 1.165) is 28.3 Å². The lowest BCUT2D eigenvalue weighted by Crippen LogP contribution is -2.10. The Hall–Kier alpha value is -8.46. The van der Waals surface area contributed by atoms with Crippen molar-refractivity contribution in [3.8, 4) is 50.2 Å². The third kappa shape index (κ3) is 6.52. The highest BCUT2D eigenvalue weighted by Crippen LogP contribution is 2.44. The van der Waals surface area contributed by atoms with E-state index >= 15 is 0 Å². The lowest BCUT2D eigenvalue weighted by atomic mass is 9.92. The van der Waals surface area contributed by atoms with Crippen molar-refractivity contribution in [1.29, 1.82) is 0 Å². The van der Waals surface area contributed by atoms with Crippen LogP contribution in [0.5, 0.6) is 0 Å². The molecule has 0 saturated carbocycles. The van der Waals surface area contributed by atoms with Gasteiger partial charge in [-0.05, 0) is 121 Å². The van der Waals surface area contributed by atoms with E-state index in [1.54, 1.807) is 0 Å². The largest absolute Gasteiger partial charge is 0.310 e. The van der Waals surface area contributed by atoms with Gasteiger partial charge in [0.1, 0.15) is 0 Å². The molecule has 2 nitrogen and oxygen atoms in total. The number of nitrogens with zero attached hydrogens (tertiary/aromatic N) is 2. The summed E-state index contributed by atoms with van der Waals surface area (Å²) in [5, 5.41) is 7.54. The molecule has 300 valence electrons. The Morgan fingerprint density at radius 3 is 1.56 bits per heavy atom. The van der Waals surface area contributed by atoms with Crippen molar-refractivity contribution in [1.82, 2.24) is 4.57 Å². The van der Waals surface area contributed by atoms with Crippen LogP contribution >= 0.6 is 0 Å². The molecule has 2 heteroatoms. The molecule has 1 aromatic heterocycles. The maximum absolute atomic E-state index is 2.45. The molecule has 0 N–H and O–H groups in total. The van der Waals surface area contributed by atoms with Gasteiger partial charge in [0.05, 0.1) is 16.7 Å². The van der Waals surface area contributed by atoms with Crippen molar-refractivity contribution >= 4 is 60.4 Å². The molecule has 1 heterocycles. The van der Waals surface area contributed by atoms with Crippen LogP contribution < -0.4 is 4.90 Å². The number of fused-ring (bicyclic) bond motifs is 6. The summed E-state index contributed by atoms with van der Waals surface area (Å²) in [6, 6.07) is 92.7. The van der Waals surface area contributed by atoms with Gasteiger partial charge in [-0.1, -0.05) is 194 Å². The van der Waals surface area contributed by atoms with E-state index in [1.165, 1.54) is 82.3 Å². The van der Waals surface area contributed by atoms with Gasteiger partial charge < -0.3 is 9.47 Å². The second kappa shape index (κ2) is 15.8. The summed E-state index contributed by atoms with van der Waals surface area (Å²) >= 11 is 0. The first kappa shape index (κ1) is 37.3. The van der Waals surface area contributed by atoms with Crippen LogP contribution in [0.15, 0.2) is 255 Å². The fourth-order valence-corrected chi connectivity index (χ4v) is 9.72. The molecular weight excluding hydrogens is 773 g/mol. The van der Waals surface area contributed by atoms with Gasteiger partial charge in [-0.2, -0.15) is 0 Å². The molecule has 0 amide bonds. The Morgan fingerprint density at radius 1 is 0.266 bits per heavy atom. The Balaban J connectivity index is 1.00. The first-order valence-electron chi connectivity index (χ1n) is 22.0. The number of benzene rings is 11. The van der Waals surface area contributed by atoms with E-state index in [1.807, 2.05) is 0 Å². The van der Waals surface area contributed by atoms with Crippen LogP contribution in [0.3, 0.4) is 0 Å². The minimum atomic E-state index is 1.08. The molecule has 11 aromatic carbocycles. The van der Waals surface area contributed by atoms with Gasteiger partial charge in [-0.3, -0.25) is 0 Å². The van der Waals surface area contributed by atoms with Gasteiger partial charge in [-0.15, -0.1) is 0 Å². The minimum absolute atomic E-state index is 1.08. The van der Waals surface area contributed by atoms with Gasteiger partial charge in [0.15, 0.2) is 0 Å². The molecule has 0 saturated heterocycles. The third-order valence-corrected chi connectivity index (χ3v) is 12.8. The minimum Gasteiger partial charge on any atom is -0.310 e. The molecule has 0 fully saturated rings. The highest BCUT2D eigenvalue weighted by Gasteiger charge is 2.20. The fourth-order valence-electron chi connectivity index (χ4n) is 9.72. The van der Waals surface area contributed by atoms with Crippen LogP contribution in [0.1, 0.15) is 0 Å². The molecule has 12 rings (SSSR count). The summed E-state index contributed by atoms with van der Waals surface area (Å²) in [5.74, 6) is 0. The molecule has 0 aliphatic carbocycles. The van der Waals surface area contributed by atoms with E-state index in [2.05, 4.69) is 264 Å². The molecule has 0 aliphatic rings. The lowest BCUT2D eigenvalue weighted by molar-refractivity contribution is 1.18. The van der Waals surface area contributed by atoms with Gasteiger partial charge in [0.2, 0.25) is 0 Å². The van der Waals surface area contributed by atoms with E-state index in [0.29, 0.717) is 0 Å². The fraction of sp³-hybridized carbons (Fsp3) is 0. The average Bonchev–Trinajstić information content (AvgIpc) is 3.72. The van der Waals surface area contributed by atoms with Gasteiger partial charge in [0.25, 0.3) is 0 Å². The van der Waals surface area contributed by atoms with Crippen molar-refractivity contribution in [2.45, 2.75) is 0 Å². The third-order valence-electron chi connectivity index (χ3n) is 12.8. The second-order valence-corrected chi connectivity index (χ2v) is 16.5. The molecular formula is C62H42N2. The number of para-hydroxylation sites is 2. The summed E-state index contributed by atoms with van der Waals surface area (Å²) in [7, 11) is 0. The van der Waals surface area contributed by atoms with E-state index in [9.17, 15) is 0 Å². The zero-order valence-electron chi connectivity index (χ0n) is 35.1.